The van der Waals surface area contributed by atoms with Crippen LogP contribution in [0.2, 0.25) is 0 Å². The van der Waals surface area contributed by atoms with Gasteiger partial charge in [0, 0.05) is 49.6 Å². The molecule has 0 saturated heterocycles. The molecule has 1 atom stereocenters. The molecule has 0 aliphatic carbocycles. The molecular weight excluding hydrogens is 366 g/mol. The van der Waals surface area contributed by atoms with Crippen molar-refractivity contribution >= 4 is 23.3 Å². The summed E-state index contributed by atoms with van der Waals surface area (Å²) in [6.07, 6.45) is 4.02. The van der Waals surface area contributed by atoms with Crippen molar-refractivity contribution in [2.45, 2.75) is 46.3 Å². The molecule has 0 spiro atoms. The van der Waals surface area contributed by atoms with Gasteiger partial charge in [-0.25, -0.2) is 9.80 Å². The van der Waals surface area contributed by atoms with E-state index >= 15 is 0 Å². The number of urea groups is 1. The quantitative estimate of drug-likeness (QED) is 0.868. The molecule has 1 aromatic carbocycles. The van der Waals surface area contributed by atoms with Crippen molar-refractivity contribution < 1.29 is 9.59 Å². The summed E-state index contributed by atoms with van der Waals surface area (Å²) >= 11 is 0. The minimum absolute atomic E-state index is 0.0309. The van der Waals surface area contributed by atoms with Gasteiger partial charge >= 0.3 is 6.03 Å². The largest absolute Gasteiger partial charge is 0.322 e. The van der Waals surface area contributed by atoms with Gasteiger partial charge in [-0.2, -0.15) is 5.10 Å². The molecule has 0 fully saturated rings. The third-order valence-electron chi connectivity index (χ3n) is 5.35. The fraction of sp³-hybridized carbons (Fsp3) is 0.364. The van der Waals surface area contributed by atoms with Gasteiger partial charge in [0.2, 0.25) is 5.91 Å². The molecular formula is C22H25N5O2. The van der Waals surface area contributed by atoms with Crippen LogP contribution in [0.25, 0.3) is 0 Å². The summed E-state index contributed by atoms with van der Waals surface area (Å²) in [5, 5.41) is 9.11. The number of fused-ring (bicyclic) bond motifs is 1. The van der Waals surface area contributed by atoms with Crippen molar-refractivity contribution in [1.82, 2.24) is 14.9 Å². The predicted octanol–water partition coefficient (Wildman–Crippen LogP) is 3.61. The predicted molar refractivity (Wildman–Crippen MR) is 111 cm³/mol. The lowest BCUT2D eigenvalue weighted by molar-refractivity contribution is -0.134. The second-order valence-electron chi connectivity index (χ2n) is 7.93. The lowest BCUT2D eigenvalue weighted by Gasteiger charge is -2.30. The molecule has 0 unspecified atom stereocenters. The summed E-state index contributed by atoms with van der Waals surface area (Å²) in [5.41, 5.74) is 4.83. The van der Waals surface area contributed by atoms with E-state index in [1.807, 2.05) is 57.3 Å². The Bertz CT molecular complexity index is 942. The average molecular weight is 391 g/mol. The Morgan fingerprint density at radius 3 is 2.55 bits per heavy atom. The van der Waals surface area contributed by atoms with Crippen molar-refractivity contribution in [1.29, 1.82) is 0 Å². The minimum atomic E-state index is -0.131. The number of rotatable bonds is 3. The Balaban J connectivity index is 1.45. The summed E-state index contributed by atoms with van der Waals surface area (Å²) in [6, 6.07) is 9.50. The molecule has 0 saturated carbocycles. The van der Waals surface area contributed by atoms with Crippen molar-refractivity contribution in [2.75, 3.05) is 5.32 Å². The number of nitrogens with one attached hydrogen (secondary N) is 1. The van der Waals surface area contributed by atoms with Crippen LogP contribution < -0.4 is 5.32 Å². The molecule has 29 heavy (non-hydrogen) atoms. The SMILES string of the molecule is CC(C)N1N=C(c2ccc(NC(=O)N3Cc4ccncc4C3)cc2)[C@H](C)CC1=O. The van der Waals surface area contributed by atoms with Gasteiger partial charge < -0.3 is 10.2 Å². The number of hydrogen-bond acceptors (Lipinski definition) is 4. The average Bonchev–Trinajstić information content (AvgIpc) is 3.13. The van der Waals surface area contributed by atoms with E-state index in [1.165, 1.54) is 0 Å². The van der Waals surface area contributed by atoms with Gasteiger partial charge in [0.1, 0.15) is 0 Å². The third kappa shape index (κ3) is 3.85. The normalized spacial score (nSPS) is 18.7. The van der Waals surface area contributed by atoms with Gasteiger partial charge in [-0.1, -0.05) is 19.1 Å². The van der Waals surface area contributed by atoms with E-state index in [4.69, 9.17) is 0 Å². The second kappa shape index (κ2) is 7.66. The molecule has 1 aromatic heterocycles. The van der Waals surface area contributed by atoms with Crippen LogP contribution in [0.3, 0.4) is 0 Å². The van der Waals surface area contributed by atoms with Gasteiger partial charge in [0.25, 0.3) is 0 Å². The number of hydrogen-bond donors (Lipinski definition) is 1. The van der Waals surface area contributed by atoms with Crippen molar-refractivity contribution in [3.05, 3.63) is 59.4 Å². The van der Waals surface area contributed by atoms with E-state index in [-0.39, 0.29) is 23.9 Å². The Morgan fingerprint density at radius 1 is 1.14 bits per heavy atom. The highest BCUT2D eigenvalue weighted by Gasteiger charge is 2.29. The summed E-state index contributed by atoms with van der Waals surface area (Å²) in [6.45, 7) is 7.10. The third-order valence-corrected chi connectivity index (χ3v) is 5.35. The van der Waals surface area contributed by atoms with Crippen molar-refractivity contribution in [2.24, 2.45) is 11.0 Å². The van der Waals surface area contributed by atoms with Gasteiger partial charge in [0.15, 0.2) is 0 Å². The fourth-order valence-electron chi connectivity index (χ4n) is 3.76. The molecule has 0 radical (unpaired) electrons. The van der Waals surface area contributed by atoms with Gasteiger partial charge in [0.05, 0.1) is 5.71 Å². The monoisotopic (exact) mass is 391 g/mol. The number of hydrazone groups is 1. The number of nitrogens with zero attached hydrogens (tertiary/aromatic N) is 4. The van der Waals surface area contributed by atoms with Gasteiger partial charge in [-0.15, -0.1) is 0 Å². The number of aromatic nitrogens is 1. The molecule has 2 aromatic rings. The molecule has 4 rings (SSSR count). The Kier molecular flexibility index (Phi) is 5.05. The van der Waals surface area contributed by atoms with Crippen LogP contribution >= 0.6 is 0 Å². The molecule has 150 valence electrons. The summed E-state index contributed by atoms with van der Waals surface area (Å²) in [4.78, 5) is 30.7. The highest BCUT2D eigenvalue weighted by molar-refractivity contribution is 6.06. The first-order valence-electron chi connectivity index (χ1n) is 9.91. The number of carbonyl (C=O) groups excluding carboxylic acids is 2. The van der Waals surface area contributed by atoms with Crippen LogP contribution in [-0.2, 0) is 17.9 Å². The van der Waals surface area contributed by atoms with E-state index in [9.17, 15) is 9.59 Å². The maximum absolute atomic E-state index is 12.6. The first-order valence-corrected chi connectivity index (χ1v) is 9.91. The summed E-state index contributed by atoms with van der Waals surface area (Å²) in [5.74, 6) is 0.122. The van der Waals surface area contributed by atoms with Crippen LogP contribution in [-0.4, -0.2) is 38.6 Å². The molecule has 1 N–H and O–H groups in total. The van der Waals surface area contributed by atoms with Gasteiger partial charge in [-0.3, -0.25) is 9.78 Å². The summed E-state index contributed by atoms with van der Waals surface area (Å²) < 4.78 is 0. The first-order chi connectivity index (χ1) is 13.9. The number of anilines is 1. The van der Waals surface area contributed by atoms with E-state index in [1.54, 1.807) is 16.1 Å². The molecule has 3 heterocycles. The minimum Gasteiger partial charge on any atom is -0.316 e. The molecule has 0 bridgehead atoms. The molecule has 3 amide bonds. The van der Waals surface area contributed by atoms with E-state index in [0.717, 1.165) is 28.1 Å². The second-order valence-corrected chi connectivity index (χ2v) is 7.93. The zero-order valence-corrected chi connectivity index (χ0v) is 16.9. The van der Waals surface area contributed by atoms with Crippen LogP contribution in [0.1, 0.15) is 43.9 Å². The Morgan fingerprint density at radius 2 is 1.86 bits per heavy atom. The standard InChI is InChI=1S/C22H25N5O2/c1-14(2)27-20(28)10-15(3)21(25-27)16-4-6-19(7-5-16)24-22(29)26-12-17-8-9-23-11-18(17)13-26/h4-9,11,14-15H,10,12-13H2,1-3H3,(H,24,29)/t15-/m1/s1. The smallest absolute Gasteiger partial charge is 0.316 e. The van der Waals surface area contributed by atoms with E-state index in [2.05, 4.69) is 15.4 Å². The number of amides is 3. The number of benzene rings is 1. The zero-order chi connectivity index (χ0) is 20.5. The van der Waals surface area contributed by atoms with E-state index in [0.29, 0.717) is 19.5 Å². The van der Waals surface area contributed by atoms with Crippen molar-refractivity contribution in [3.63, 3.8) is 0 Å². The van der Waals surface area contributed by atoms with Gasteiger partial charge in [-0.05, 0) is 48.7 Å². The van der Waals surface area contributed by atoms with Crippen LogP contribution in [0.5, 0.6) is 0 Å². The fourth-order valence-corrected chi connectivity index (χ4v) is 3.76. The lowest BCUT2D eigenvalue weighted by Crippen LogP contribution is -2.40. The number of carbonyl (C=O) groups is 2. The summed E-state index contributed by atoms with van der Waals surface area (Å²) in [7, 11) is 0. The Hall–Kier alpha value is -3.22. The van der Waals surface area contributed by atoms with Crippen LogP contribution in [0, 0.1) is 5.92 Å². The first kappa shape index (κ1) is 19.1. The Labute approximate surface area is 170 Å². The number of pyridine rings is 1. The molecule has 2 aliphatic rings. The zero-order valence-electron chi connectivity index (χ0n) is 16.9. The highest BCUT2D eigenvalue weighted by atomic mass is 16.2. The molecule has 2 aliphatic heterocycles. The highest BCUT2D eigenvalue weighted by Crippen LogP contribution is 2.25. The van der Waals surface area contributed by atoms with Crippen LogP contribution in [0.15, 0.2) is 47.8 Å². The maximum atomic E-state index is 12.6. The van der Waals surface area contributed by atoms with Crippen LogP contribution in [0.4, 0.5) is 10.5 Å². The molecule has 7 heteroatoms. The maximum Gasteiger partial charge on any atom is 0.322 e. The topological polar surface area (TPSA) is 77.9 Å². The van der Waals surface area contributed by atoms with E-state index < -0.39 is 0 Å². The molecule has 7 nitrogen and oxygen atoms in total. The lowest BCUT2D eigenvalue weighted by atomic mass is 9.93. The van der Waals surface area contributed by atoms with Crippen molar-refractivity contribution in [3.8, 4) is 0 Å².